The van der Waals surface area contributed by atoms with E-state index in [9.17, 15) is 14.7 Å². The summed E-state index contributed by atoms with van der Waals surface area (Å²) in [7, 11) is 0. The Bertz CT molecular complexity index is 1400. The Hall–Kier alpha value is -3.97. The molecule has 0 bridgehead atoms. The van der Waals surface area contributed by atoms with Crippen LogP contribution < -0.4 is 0 Å². The number of aryl methyl sites for hydroxylation is 2. The maximum atomic E-state index is 13.9. The molecular weight excluding hydrogens is 460 g/mol. The fourth-order valence-corrected chi connectivity index (χ4v) is 5.36. The maximum absolute atomic E-state index is 13.9. The lowest BCUT2D eigenvalue weighted by molar-refractivity contribution is -0.130. The van der Waals surface area contributed by atoms with Crippen molar-refractivity contribution in [2.45, 2.75) is 32.9 Å². The number of carbonyl (C=O) groups excluding carboxylic acids is 2. The summed E-state index contributed by atoms with van der Waals surface area (Å²) in [6.07, 6.45) is 2.40. The molecule has 1 amide bonds. The van der Waals surface area contributed by atoms with Crippen molar-refractivity contribution in [3.63, 3.8) is 0 Å². The maximum Gasteiger partial charge on any atom is 0.290 e. The predicted octanol–water partition coefficient (Wildman–Crippen LogP) is 6.05. The Morgan fingerprint density at radius 2 is 1.83 bits per heavy atom. The topological polar surface area (TPSA) is 83.6 Å². The Kier molecular flexibility index (Phi) is 6.09. The third-order valence-electron chi connectivity index (χ3n) is 6.18. The number of Topliss-reactive ketones (excluding diaryl/α,β-unsaturated/α-hetero) is 1. The van der Waals surface area contributed by atoms with Crippen molar-refractivity contribution >= 4 is 23.0 Å². The molecule has 2 aromatic heterocycles. The second-order valence-corrected chi connectivity index (χ2v) is 9.40. The molecule has 1 N–H and O–H groups in total. The number of aromatic nitrogens is 1. The number of benzene rings is 2. The van der Waals surface area contributed by atoms with Gasteiger partial charge in [-0.3, -0.25) is 9.59 Å². The molecule has 0 saturated carbocycles. The van der Waals surface area contributed by atoms with Crippen LogP contribution in [0.3, 0.4) is 0 Å². The van der Waals surface area contributed by atoms with Gasteiger partial charge in [0, 0.05) is 5.56 Å². The summed E-state index contributed by atoms with van der Waals surface area (Å²) in [5, 5.41) is 11.7. The van der Waals surface area contributed by atoms with Gasteiger partial charge in [-0.2, -0.15) is 0 Å². The van der Waals surface area contributed by atoms with Gasteiger partial charge in [0.1, 0.15) is 10.8 Å². The number of rotatable bonds is 7. The SMILES string of the molecule is CCc1ccc(C2C(C(=O)c3sc(-c4ccccc4)nc3C)=C(O)C(=O)N2Cc2ccco2)cc1. The van der Waals surface area contributed by atoms with Gasteiger partial charge in [-0.25, -0.2) is 4.98 Å². The monoisotopic (exact) mass is 484 g/mol. The van der Waals surface area contributed by atoms with Crippen molar-refractivity contribution in [3.8, 4) is 10.6 Å². The zero-order valence-corrected chi connectivity index (χ0v) is 20.2. The third-order valence-corrected chi connectivity index (χ3v) is 7.39. The van der Waals surface area contributed by atoms with Crippen LogP contribution in [0.1, 0.15) is 45.2 Å². The highest BCUT2D eigenvalue weighted by atomic mass is 32.1. The number of aliphatic hydroxyl groups excluding tert-OH is 1. The van der Waals surface area contributed by atoms with E-state index >= 15 is 0 Å². The molecule has 3 heterocycles. The molecule has 0 spiro atoms. The van der Waals surface area contributed by atoms with Crippen LogP contribution in [-0.2, 0) is 17.8 Å². The molecule has 1 aliphatic heterocycles. The minimum absolute atomic E-state index is 0.0668. The van der Waals surface area contributed by atoms with Gasteiger partial charge in [0.05, 0.1) is 35.0 Å². The number of hydrogen-bond donors (Lipinski definition) is 1. The van der Waals surface area contributed by atoms with Crippen molar-refractivity contribution in [3.05, 3.63) is 112 Å². The minimum atomic E-state index is -0.743. The predicted molar refractivity (Wildman–Crippen MR) is 134 cm³/mol. The number of furan rings is 1. The van der Waals surface area contributed by atoms with Crippen molar-refractivity contribution in [2.75, 3.05) is 0 Å². The summed E-state index contributed by atoms with van der Waals surface area (Å²) in [6, 6.07) is 20.2. The molecule has 2 aromatic carbocycles. The van der Waals surface area contributed by atoms with E-state index < -0.39 is 17.7 Å². The van der Waals surface area contributed by atoms with E-state index in [-0.39, 0.29) is 17.9 Å². The summed E-state index contributed by atoms with van der Waals surface area (Å²) < 4.78 is 5.46. The van der Waals surface area contributed by atoms with Crippen LogP contribution in [0.5, 0.6) is 0 Å². The van der Waals surface area contributed by atoms with E-state index in [2.05, 4.69) is 11.9 Å². The quantitative estimate of drug-likeness (QED) is 0.323. The lowest BCUT2D eigenvalue weighted by Gasteiger charge is -2.26. The van der Waals surface area contributed by atoms with E-state index in [1.54, 1.807) is 19.1 Å². The lowest BCUT2D eigenvalue weighted by atomic mass is 9.94. The Balaban J connectivity index is 1.58. The minimum Gasteiger partial charge on any atom is -0.503 e. The van der Waals surface area contributed by atoms with Crippen LogP contribution in [0.2, 0.25) is 0 Å². The van der Waals surface area contributed by atoms with E-state index in [4.69, 9.17) is 4.42 Å². The average molecular weight is 485 g/mol. The van der Waals surface area contributed by atoms with Gasteiger partial charge in [0.25, 0.3) is 5.91 Å². The molecule has 0 fully saturated rings. The van der Waals surface area contributed by atoms with Gasteiger partial charge in [-0.15, -0.1) is 11.3 Å². The number of nitrogens with zero attached hydrogens (tertiary/aromatic N) is 2. The van der Waals surface area contributed by atoms with E-state index in [1.807, 2.05) is 54.6 Å². The van der Waals surface area contributed by atoms with Gasteiger partial charge < -0.3 is 14.4 Å². The smallest absolute Gasteiger partial charge is 0.290 e. The van der Waals surface area contributed by atoms with Crippen LogP contribution in [0.25, 0.3) is 10.6 Å². The van der Waals surface area contributed by atoms with Crippen LogP contribution in [0.4, 0.5) is 0 Å². The fourth-order valence-electron chi connectivity index (χ4n) is 4.33. The Labute approximate surface area is 207 Å². The molecule has 7 heteroatoms. The molecule has 1 unspecified atom stereocenters. The summed E-state index contributed by atoms with van der Waals surface area (Å²) in [6.45, 7) is 3.97. The number of ketones is 1. The zero-order chi connectivity index (χ0) is 24.5. The first kappa shape index (κ1) is 22.8. The number of hydrogen-bond acceptors (Lipinski definition) is 6. The van der Waals surface area contributed by atoms with Gasteiger partial charge in [-0.1, -0.05) is 61.5 Å². The van der Waals surface area contributed by atoms with E-state index in [1.165, 1.54) is 22.5 Å². The molecule has 4 aromatic rings. The van der Waals surface area contributed by atoms with E-state index in [0.29, 0.717) is 21.3 Å². The normalized spacial score (nSPS) is 15.8. The average Bonchev–Trinajstić information content (AvgIpc) is 3.60. The molecule has 1 aliphatic rings. The van der Waals surface area contributed by atoms with Gasteiger partial charge >= 0.3 is 0 Å². The lowest BCUT2D eigenvalue weighted by Crippen LogP contribution is -2.30. The van der Waals surface area contributed by atoms with E-state index in [0.717, 1.165) is 23.1 Å². The van der Waals surface area contributed by atoms with Crippen molar-refractivity contribution in [1.82, 2.24) is 9.88 Å². The first-order chi connectivity index (χ1) is 17.0. The Morgan fingerprint density at radius 3 is 2.49 bits per heavy atom. The molecule has 1 atom stereocenters. The van der Waals surface area contributed by atoms with Crippen molar-refractivity contribution in [2.24, 2.45) is 0 Å². The third kappa shape index (κ3) is 4.19. The second-order valence-electron chi connectivity index (χ2n) is 8.40. The van der Waals surface area contributed by atoms with Crippen LogP contribution in [0, 0.1) is 6.92 Å². The molecular formula is C28H24N2O4S. The molecule has 35 heavy (non-hydrogen) atoms. The molecule has 0 aliphatic carbocycles. The largest absolute Gasteiger partial charge is 0.503 e. The summed E-state index contributed by atoms with van der Waals surface area (Å²) in [5.74, 6) is -0.949. The highest BCUT2D eigenvalue weighted by Crippen LogP contribution is 2.41. The standard InChI is InChI=1S/C28H24N2O4S/c1-3-18-11-13-19(14-12-18)23-22(25(32)28(33)30(23)16-21-10-7-15-34-21)24(31)26-17(2)29-27(35-26)20-8-5-4-6-9-20/h4-15,23,32H,3,16H2,1-2H3. The number of thiazole rings is 1. The van der Waals surface area contributed by atoms with Crippen molar-refractivity contribution < 1.29 is 19.1 Å². The Morgan fingerprint density at radius 1 is 1.09 bits per heavy atom. The van der Waals surface area contributed by atoms with Crippen LogP contribution in [-0.4, -0.2) is 26.7 Å². The van der Waals surface area contributed by atoms with Gasteiger partial charge in [-0.05, 0) is 36.6 Å². The number of aliphatic hydroxyl groups is 1. The molecule has 5 rings (SSSR count). The molecule has 0 radical (unpaired) electrons. The van der Waals surface area contributed by atoms with Gasteiger partial charge in [0.15, 0.2) is 5.76 Å². The first-order valence-electron chi connectivity index (χ1n) is 11.4. The van der Waals surface area contributed by atoms with Crippen LogP contribution >= 0.6 is 11.3 Å². The van der Waals surface area contributed by atoms with Crippen LogP contribution in [0.15, 0.2) is 88.7 Å². The number of carbonyl (C=O) groups is 2. The highest BCUT2D eigenvalue weighted by molar-refractivity contribution is 7.17. The zero-order valence-electron chi connectivity index (χ0n) is 19.4. The fraction of sp³-hybridized carbons (Fsp3) is 0.179. The molecule has 0 saturated heterocycles. The van der Waals surface area contributed by atoms with Crippen molar-refractivity contribution in [1.29, 1.82) is 0 Å². The molecule has 176 valence electrons. The molecule has 6 nitrogen and oxygen atoms in total. The number of amides is 1. The first-order valence-corrected chi connectivity index (χ1v) is 12.2. The summed E-state index contributed by atoms with van der Waals surface area (Å²) in [5.41, 5.74) is 3.43. The second kappa shape index (κ2) is 9.35. The van der Waals surface area contributed by atoms with Gasteiger partial charge in [0.2, 0.25) is 5.78 Å². The summed E-state index contributed by atoms with van der Waals surface area (Å²) >= 11 is 1.27. The highest BCUT2D eigenvalue weighted by Gasteiger charge is 2.44. The summed E-state index contributed by atoms with van der Waals surface area (Å²) in [4.78, 5) is 33.6.